The molecule has 0 amide bonds. The molecule has 0 spiro atoms. The van der Waals surface area contributed by atoms with Gasteiger partial charge in [0.2, 0.25) is 0 Å². The fourth-order valence-corrected chi connectivity index (χ4v) is 3.40. The van der Waals surface area contributed by atoms with Gasteiger partial charge in [0.15, 0.2) is 0 Å². The van der Waals surface area contributed by atoms with Gasteiger partial charge in [0, 0.05) is 12.1 Å². The molecule has 1 saturated carbocycles. The Kier molecular flexibility index (Phi) is 4.84. The van der Waals surface area contributed by atoms with Crippen LogP contribution in [0.15, 0.2) is 18.2 Å². The Morgan fingerprint density at radius 2 is 2.24 bits per heavy atom. The molecule has 0 heterocycles. The van der Waals surface area contributed by atoms with Gasteiger partial charge in [-0.1, -0.05) is 25.8 Å². The molecule has 2 atom stereocenters. The lowest BCUT2D eigenvalue weighted by Crippen LogP contribution is -2.52. The molecule has 0 bridgehead atoms. The first-order valence-electron chi connectivity index (χ1n) is 7.58. The number of anilines is 1. The smallest absolute Gasteiger partial charge is 0.143 e. The number of halogens is 1. The van der Waals surface area contributed by atoms with E-state index in [-0.39, 0.29) is 11.1 Å². The van der Waals surface area contributed by atoms with Gasteiger partial charge in [-0.15, -0.1) is 0 Å². The Morgan fingerprint density at radius 3 is 2.86 bits per heavy atom. The highest BCUT2D eigenvalue weighted by atomic mass is 19.1. The van der Waals surface area contributed by atoms with Gasteiger partial charge < -0.3 is 10.2 Å². The Bertz CT molecular complexity index is 535. The second kappa shape index (κ2) is 6.44. The largest absolute Gasteiger partial charge is 0.382 e. The molecule has 3 nitrogen and oxygen atoms in total. The zero-order chi connectivity index (χ0) is 15.5. The van der Waals surface area contributed by atoms with Crippen molar-refractivity contribution in [3.05, 3.63) is 29.6 Å². The molecular weight excluding hydrogens is 265 g/mol. The lowest BCUT2D eigenvalue weighted by atomic mass is 9.75. The molecule has 1 aliphatic carbocycles. The summed E-state index contributed by atoms with van der Waals surface area (Å²) in [7, 11) is 4.22. The Hall–Kier alpha value is -1.60. The number of nitrogens with one attached hydrogen (secondary N) is 1. The summed E-state index contributed by atoms with van der Waals surface area (Å²) in [5, 5.41) is 12.4. The van der Waals surface area contributed by atoms with Crippen molar-refractivity contribution in [2.45, 2.75) is 38.1 Å². The van der Waals surface area contributed by atoms with Crippen LogP contribution in [0.2, 0.25) is 0 Å². The van der Waals surface area contributed by atoms with E-state index in [0.29, 0.717) is 11.6 Å². The van der Waals surface area contributed by atoms with Crippen LogP contribution in [0.1, 0.15) is 38.2 Å². The molecule has 0 aromatic heterocycles. The molecular formula is C17H24FN3. The molecule has 1 N–H and O–H groups in total. The minimum Gasteiger partial charge on any atom is -0.382 e. The van der Waals surface area contributed by atoms with Crippen molar-refractivity contribution in [2.24, 2.45) is 5.92 Å². The van der Waals surface area contributed by atoms with Crippen LogP contribution in [-0.2, 0) is 0 Å². The van der Waals surface area contributed by atoms with Gasteiger partial charge in [0.1, 0.15) is 17.4 Å². The van der Waals surface area contributed by atoms with E-state index in [4.69, 9.17) is 5.26 Å². The molecule has 2 unspecified atom stereocenters. The van der Waals surface area contributed by atoms with Crippen LogP contribution in [-0.4, -0.2) is 31.1 Å². The molecule has 1 aromatic rings. The number of hydrogen-bond donors (Lipinski definition) is 1. The molecule has 0 aliphatic heterocycles. The minimum atomic E-state index is -0.460. The second-order valence-electron chi connectivity index (χ2n) is 6.45. The van der Waals surface area contributed by atoms with Gasteiger partial charge in [-0.25, -0.2) is 4.39 Å². The maximum atomic E-state index is 13.7. The summed E-state index contributed by atoms with van der Waals surface area (Å²) < 4.78 is 13.7. The lowest BCUT2D eigenvalue weighted by molar-refractivity contribution is 0.0882. The van der Waals surface area contributed by atoms with Crippen LogP contribution in [0, 0.1) is 23.1 Å². The second-order valence-corrected chi connectivity index (χ2v) is 6.45. The standard InChI is InChI=1S/C17H24FN3/c1-13-6-5-9-17(10-13,21(2)3)12-20-16-8-4-7-15(18)14(16)11-19/h4,7-8,13,20H,5-6,9-10,12H2,1-3H3. The molecule has 1 aliphatic rings. The predicted octanol–water partition coefficient (Wildman–Crippen LogP) is 3.62. The van der Waals surface area contributed by atoms with E-state index in [1.54, 1.807) is 12.1 Å². The Labute approximate surface area is 126 Å². The van der Waals surface area contributed by atoms with Crippen molar-refractivity contribution in [3.8, 4) is 6.07 Å². The number of nitrogens with zero attached hydrogens (tertiary/aromatic N) is 2. The molecule has 1 aromatic carbocycles. The summed E-state index contributed by atoms with van der Waals surface area (Å²) in [4.78, 5) is 2.28. The zero-order valence-corrected chi connectivity index (χ0v) is 13.1. The normalized spacial score (nSPS) is 25.6. The van der Waals surface area contributed by atoms with Gasteiger partial charge in [-0.2, -0.15) is 5.26 Å². The highest BCUT2D eigenvalue weighted by Crippen LogP contribution is 2.36. The van der Waals surface area contributed by atoms with Crippen LogP contribution in [0.25, 0.3) is 0 Å². The summed E-state index contributed by atoms with van der Waals surface area (Å²) in [6.45, 7) is 3.03. The average molecular weight is 289 g/mol. The highest BCUT2D eigenvalue weighted by molar-refractivity contribution is 5.58. The number of benzene rings is 1. The van der Waals surface area contributed by atoms with E-state index < -0.39 is 5.82 Å². The van der Waals surface area contributed by atoms with Crippen molar-refractivity contribution >= 4 is 5.69 Å². The van der Waals surface area contributed by atoms with E-state index in [1.165, 1.54) is 18.9 Å². The van der Waals surface area contributed by atoms with Crippen LogP contribution in [0.4, 0.5) is 10.1 Å². The third kappa shape index (κ3) is 3.36. The summed E-state index contributed by atoms with van der Waals surface area (Å²) in [6, 6.07) is 6.70. The fraction of sp³-hybridized carbons (Fsp3) is 0.588. The lowest BCUT2D eigenvalue weighted by Gasteiger charge is -2.45. The SMILES string of the molecule is CC1CCCC(CNc2cccc(F)c2C#N)(N(C)C)C1. The topological polar surface area (TPSA) is 39.1 Å². The molecule has 0 radical (unpaired) electrons. The summed E-state index contributed by atoms with van der Waals surface area (Å²) >= 11 is 0. The molecule has 0 saturated heterocycles. The van der Waals surface area contributed by atoms with E-state index in [2.05, 4.69) is 31.2 Å². The fourth-order valence-electron chi connectivity index (χ4n) is 3.40. The maximum Gasteiger partial charge on any atom is 0.143 e. The van der Waals surface area contributed by atoms with E-state index in [0.717, 1.165) is 19.4 Å². The predicted molar refractivity (Wildman–Crippen MR) is 83.7 cm³/mol. The Morgan fingerprint density at radius 1 is 1.48 bits per heavy atom. The van der Waals surface area contributed by atoms with E-state index in [1.807, 2.05) is 6.07 Å². The number of likely N-dealkylation sites (N-methyl/N-ethyl adjacent to an activating group) is 1. The van der Waals surface area contributed by atoms with E-state index in [9.17, 15) is 4.39 Å². The van der Waals surface area contributed by atoms with Gasteiger partial charge in [-0.3, -0.25) is 0 Å². The van der Waals surface area contributed by atoms with Crippen molar-refractivity contribution in [1.29, 1.82) is 5.26 Å². The third-order valence-corrected chi connectivity index (χ3v) is 4.75. The van der Waals surface area contributed by atoms with Gasteiger partial charge in [0.25, 0.3) is 0 Å². The first-order chi connectivity index (χ1) is 9.98. The van der Waals surface area contributed by atoms with E-state index >= 15 is 0 Å². The summed E-state index contributed by atoms with van der Waals surface area (Å²) in [6.07, 6.45) is 4.76. The molecule has 4 heteroatoms. The van der Waals surface area contributed by atoms with Gasteiger partial charge in [0.05, 0.1) is 5.69 Å². The number of nitriles is 1. The average Bonchev–Trinajstić information content (AvgIpc) is 2.45. The highest BCUT2D eigenvalue weighted by Gasteiger charge is 2.36. The number of rotatable bonds is 4. The minimum absolute atomic E-state index is 0.0801. The van der Waals surface area contributed by atoms with Crippen LogP contribution in [0.5, 0.6) is 0 Å². The van der Waals surface area contributed by atoms with Crippen molar-refractivity contribution in [2.75, 3.05) is 26.0 Å². The van der Waals surface area contributed by atoms with Gasteiger partial charge >= 0.3 is 0 Å². The Balaban J connectivity index is 2.17. The van der Waals surface area contributed by atoms with Crippen LogP contribution >= 0.6 is 0 Å². The first kappa shape index (κ1) is 15.8. The van der Waals surface area contributed by atoms with Crippen molar-refractivity contribution < 1.29 is 4.39 Å². The molecule has 1 fully saturated rings. The molecule has 114 valence electrons. The van der Waals surface area contributed by atoms with Gasteiger partial charge in [-0.05, 0) is 45.0 Å². The van der Waals surface area contributed by atoms with Crippen LogP contribution < -0.4 is 5.32 Å². The zero-order valence-electron chi connectivity index (χ0n) is 13.1. The monoisotopic (exact) mass is 289 g/mol. The summed E-state index contributed by atoms with van der Waals surface area (Å²) in [5.74, 6) is 0.240. The van der Waals surface area contributed by atoms with Crippen LogP contribution in [0.3, 0.4) is 0 Å². The molecule has 2 rings (SSSR count). The maximum absolute atomic E-state index is 13.7. The third-order valence-electron chi connectivity index (χ3n) is 4.75. The quantitative estimate of drug-likeness (QED) is 0.920. The van der Waals surface area contributed by atoms with Crippen molar-refractivity contribution in [3.63, 3.8) is 0 Å². The number of hydrogen-bond acceptors (Lipinski definition) is 3. The summed E-state index contributed by atoms with van der Waals surface area (Å²) in [5.41, 5.74) is 0.781. The van der Waals surface area contributed by atoms with Crippen molar-refractivity contribution in [1.82, 2.24) is 4.90 Å². The first-order valence-corrected chi connectivity index (χ1v) is 7.58. The molecule has 21 heavy (non-hydrogen) atoms.